The molecule has 1 aliphatic carbocycles. The van der Waals surface area contributed by atoms with Crippen molar-refractivity contribution in [1.29, 1.82) is 0 Å². The number of halogens is 1. The first-order valence-corrected chi connectivity index (χ1v) is 10.8. The van der Waals surface area contributed by atoms with Crippen LogP contribution in [0.25, 0.3) is 5.69 Å². The molecular weight excluding hydrogens is 377 g/mol. The Kier molecular flexibility index (Phi) is 5.30. The summed E-state index contributed by atoms with van der Waals surface area (Å²) in [7, 11) is 0. The van der Waals surface area contributed by atoms with Crippen LogP contribution in [0.2, 0.25) is 0 Å². The van der Waals surface area contributed by atoms with Crippen molar-refractivity contribution in [2.45, 2.75) is 73.0 Å². The minimum Gasteiger partial charge on any atom is -0.306 e. The van der Waals surface area contributed by atoms with Gasteiger partial charge in [0.15, 0.2) is 0 Å². The van der Waals surface area contributed by atoms with E-state index in [1.807, 2.05) is 10.9 Å². The Labute approximate surface area is 178 Å². The third-order valence-corrected chi connectivity index (χ3v) is 6.24. The molecule has 6 heteroatoms. The zero-order valence-corrected chi connectivity index (χ0v) is 18.8. The minimum atomic E-state index is -0.229. The smallest absolute Gasteiger partial charge is 0.123 e. The predicted octanol–water partition coefficient (Wildman–Crippen LogP) is 5.21. The molecule has 1 aromatic carbocycles. The van der Waals surface area contributed by atoms with Gasteiger partial charge in [0.25, 0.3) is 0 Å². The van der Waals surface area contributed by atoms with E-state index in [1.165, 1.54) is 34.6 Å². The van der Waals surface area contributed by atoms with Gasteiger partial charge in [0, 0.05) is 41.1 Å². The van der Waals surface area contributed by atoms with Crippen LogP contribution in [0.1, 0.15) is 74.4 Å². The number of nitrogens with one attached hydrogen (secondary N) is 1. The van der Waals surface area contributed by atoms with E-state index >= 15 is 0 Å². The number of rotatable bonds is 5. The van der Waals surface area contributed by atoms with Crippen LogP contribution in [0.15, 0.2) is 30.5 Å². The number of aryl methyl sites for hydroxylation is 1. The predicted molar refractivity (Wildman–Crippen MR) is 117 cm³/mol. The lowest BCUT2D eigenvalue weighted by molar-refractivity contribution is 0.252. The van der Waals surface area contributed by atoms with Crippen LogP contribution in [0.5, 0.6) is 0 Å². The van der Waals surface area contributed by atoms with E-state index in [0.29, 0.717) is 6.04 Å². The van der Waals surface area contributed by atoms with E-state index in [2.05, 4.69) is 56.6 Å². The Morgan fingerprint density at radius 2 is 1.90 bits per heavy atom. The van der Waals surface area contributed by atoms with Gasteiger partial charge in [0.05, 0.1) is 17.6 Å². The van der Waals surface area contributed by atoms with Crippen molar-refractivity contribution >= 4 is 0 Å². The van der Waals surface area contributed by atoms with Crippen LogP contribution in [0, 0.1) is 25.1 Å². The molecule has 0 spiro atoms. The highest BCUT2D eigenvalue weighted by atomic mass is 19.1. The Bertz CT molecular complexity index is 1040. The highest BCUT2D eigenvalue weighted by molar-refractivity contribution is 5.38. The average Bonchev–Trinajstić information content (AvgIpc) is 3.20. The second kappa shape index (κ2) is 7.65. The van der Waals surface area contributed by atoms with Crippen molar-refractivity contribution in [1.82, 2.24) is 24.9 Å². The molecule has 30 heavy (non-hydrogen) atoms. The van der Waals surface area contributed by atoms with Gasteiger partial charge in [-0.05, 0) is 70.2 Å². The quantitative estimate of drug-likeness (QED) is 0.629. The Morgan fingerprint density at radius 3 is 2.53 bits per heavy atom. The molecule has 0 fully saturated rings. The molecule has 3 aromatic rings. The molecule has 160 valence electrons. The fourth-order valence-corrected chi connectivity index (χ4v) is 4.71. The number of nitrogens with zero attached hydrogens (tertiary/aromatic N) is 4. The van der Waals surface area contributed by atoms with Gasteiger partial charge in [0.1, 0.15) is 5.82 Å². The van der Waals surface area contributed by atoms with Gasteiger partial charge in [0.2, 0.25) is 0 Å². The van der Waals surface area contributed by atoms with Gasteiger partial charge in [-0.15, -0.1) is 0 Å². The van der Waals surface area contributed by atoms with Crippen LogP contribution >= 0.6 is 0 Å². The van der Waals surface area contributed by atoms with E-state index in [1.54, 1.807) is 12.1 Å². The van der Waals surface area contributed by atoms with Crippen molar-refractivity contribution in [2.75, 3.05) is 0 Å². The number of benzene rings is 1. The number of hydrogen-bond donors (Lipinski definition) is 1. The van der Waals surface area contributed by atoms with Crippen LogP contribution in [0.4, 0.5) is 4.39 Å². The first kappa shape index (κ1) is 20.8. The van der Waals surface area contributed by atoms with E-state index < -0.39 is 0 Å². The van der Waals surface area contributed by atoms with Crippen molar-refractivity contribution in [2.24, 2.45) is 5.41 Å². The minimum absolute atomic E-state index is 0.148. The SMILES string of the molecule is Cc1nn(C(C)C)c(C)c1CN[C@@H]1CC(C)(C)Cc2c1cnn2-c1ccc(F)cc1. The molecule has 0 unspecified atom stereocenters. The van der Waals surface area contributed by atoms with Crippen LogP contribution in [0.3, 0.4) is 0 Å². The summed E-state index contributed by atoms with van der Waals surface area (Å²) in [5.41, 5.74) is 7.10. The zero-order chi connectivity index (χ0) is 21.6. The molecule has 1 atom stereocenters. The maximum absolute atomic E-state index is 13.4. The molecule has 0 bridgehead atoms. The second-order valence-corrected chi connectivity index (χ2v) is 9.60. The number of aromatic nitrogens is 4. The monoisotopic (exact) mass is 409 g/mol. The Morgan fingerprint density at radius 1 is 1.20 bits per heavy atom. The van der Waals surface area contributed by atoms with Gasteiger partial charge >= 0.3 is 0 Å². The summed E-state index contributed by atoms with van der Waals surface area (Å²) in [5.74, 6) is -0.229. The van der Waals surface area contributed by atoms with Crippen molar-refractivity contribution < 1.29 is 4.39 Å². The molecule has 0 amide bonds. The second-order valence-electron chi connectivity index (χ2n) is 9.60. The molecule has 0 aliphatic heterocycles. The summed E-state index contributed by atoms with van der Waals surface area (Å²) in [4.78, 5) is 0. The molecule has 2 heterocycles. The number of hydrogen-bond acceptors (Lipinski definition) is 3. The molecular formula is C24H32FN5. The maximum Gasteiger partial charge on any atom is 0.123 e. The lowest BCUT2D eigenvalue weighted by Gasteiger charge is -2.36. The zero-order valence-electron chi connectivity index (χ0n) is 18.8. The lowest BCUT2D eigenvalue weighted by Crippen LogP contribution is -2.33. The van der Waals surface area contributed by atoms with Crippen molar-refractivity contribution in [3.05, 3.63) is 64.5 Å². The van der Waals surface area contributed by atoms with E-state index in [0.717, 1.165) is 30.8 Å². The molecule has 0 radical (unpaired) electrons. The lowest BCUT2D eigenvalue weighted by atomic mass is 9.74. The maximum atomic E-state index is 13.4. The molecule has 1 N–H and O–H groups in total. The third kappa shape index (κ3) is 3.81. The molecule has 1 aliphatic rings. The first-order chi connectivity index (χ1) is 14.2. The van der Waals surface area contributed by atoms with Gasteiger partial charge in [-0.1, -0.05) is 13.8 Å². The summed E-state index contributed by atoms with van der Waals surface area (Å²) < 4.78 is 17.5. The van der Waals surface area contributed by atoms with Gasteiger partial charge in [-0.25, -0.2) is 9.07 Å². The molecule has 5 nitrogen and oxygen atoms in total. The van der Waals surface area contributed by atoms with Gasteiger partial charge < -0.3 is 5.32 Å². The molecule has 2 aromatic heterocycles. The first-order valence-electron chi connectivity index (χ1n) is 10.8. The summed E-state index contributed by atoms with van der Waals surface area (Å²) in [5, 5.41) is 13.2. The van der Waals surface area contributed by atoms with Crippen LogP contribution < -0.4 is 5.32 Å². The highest BCUT2D eigenvalue weighted by Crippen LogP contribution is 2.41. The summed E-state index contributed by atoms with van der Waals surface area (Å²) in [6, 6.07) is 7.14. The normalized spacial score (nSPS) is 18.1. The Hall–Kier alpha value is -2.47. The molecule has 4 rings (SSSR count). The highest BCUT2D eigenvalue weighted by Gasteiger charge is 2.35. The van der Waals surface area contributed by atoms with Gasteiger partial charge in [-0.3, -0.25) is 4.68 Å². The fraction of sp³-hybridized carbons (Fsp3) is 0.500. The fourth-order valence-electron chi connectivity index (χ4n) is 4.71. The summed E-state index contributed by atoms with van der Waals surface area (Å²) in [6.45, 7) is 14.0. The Balaban J connectivity index is 1.63. The summed E-state index contributed by atoms with van der Waals surface area (Å²) in [6.07, 6.45) is 3.97. The molecule has 0 saturated carbocycles. The van der Waals surface area contributed by atoms with E-state index in [-0.39, 0.29) is 17.3 Å². The standard InChI is InChI=1S/C24H32FN5/c1-15(2)29-17(4)20(16(3)28-29)13-26-22-11-24(5,6)12-23-21(22)14-27-30(23)19-9-7-18(25)8-10-19/h7-10,14-15,22,26H,11-13H2,1-6H3/t22-/m1/s1. The number of fused-ring (bicyclic) bond motifs is 1. The van der Waals surface area contributed by atoms with Crippen LogP contribution in [-0.2, 0) is 13.0 Å². The molecule has 0 saturated heterocycles. The third-order valence-electron chi connectivity index (χ3n) is 6.24. The van der Waals surface area contributed by atoms with Crippen molar-refractivity contribution in [3.8, 4) is 5.69 Å². The largest absolute Gasteiger partial charge is 0.306 e. The van der Waals surface area contributed by atoms with E-state index in [4.69, 9.17) is 5.10 Å². The van der Waals surface area contributed by atoms with Crippen LogP contribution in [-0.4, -0.2) is 19.6 Å². The topological polar surface area (TPSA) is 47.7 Å². The summed E-state index contributed by atoms with van der Waals surface area (Å²) >= 11 is 0. The van der Waals surface area contributed by atoms with Crippen molar-refractivity contribution in [3.63, 3.8) is 0 Å². The van der Waals surface area contributed by atoms with E-state index in [9.17, 15) is 4.39 Å². The van der Waals surface area contributed by atoms with Gasteiger partial charge in [-0.2, -0.15) is 10.2 Å². The average molecular weight is 410 g/mol.